The maximum absolute atomic E-state index is 13.6. The lowest BCUT2D eigenvalue weighted by molar-refractivity contribution is -0.387. The largest absolute Gasteiger partial charge is 0.348 e. The molecule has 0 bridgehead atoms. The van der Waals surface area contributed by atoms with Crippen LogP contribution in [0, 0.1) is 21.7 Å². The van der Waals surface area contributed by atoms with Crippen molar-refractivity contribution in [1.29, 1.82) is 0 Å². The number of nitro groups is 1. The Labute approximate surface area is 111 Å². The van der Waals surface area contributed by atoms with E-state index in [1.54, 1.807) is 11.8 Å². The van der Waals surface area contributed by atoms with Gasteiger partial charge in [-0.2, -0.15) is 16.2 Å². The quantitative estimate of drug-likeness (QED) is 0.683. The summed E-state index contributed by atoms with van der Waals surface area (Å²) < 4.78 is 26.9. The van der Waals surface area contributed by atoms with Gasteiger partial charge in [0.2, 0.25) is 5.82 Å². The van der Waals surface area contributed by atoms with Crippen molar-refractivity contribution in [2.24, 2.45) is 0 Å². The molecule has 1 aromatic carbocycles. The number of amides is 1. The molecule has 1 fully saturated rings. The summed E-state index contributed by atoms with van der Waals surface area (Å²) in [6.45, 7) is 0. The van der Waals surface area contributed by atoms with E-state index in [1.165, 1.54) is 0 Å². The van der Waals surface area contributed by atoms with E-state index in [0.29, 0.717) is 12.1 Å². The van der Waals surface area contributed by atoms with Gasteiger partial charge in [0.15, 0.2) is 0 Å². The van der Waals surface area contributed by atoms with Gasteiger partial charge in [-0.25, -0.2) is 4.39 Å². The Morgan fingerprint density at radius 3 is 2.74 bits per heavy atom. The predicted molar refractivity (Wildman–Crippen MR) is 66.2 cm³/mol. The zero-order valence-corrected chi connectivity index (χ0v) is 10.5. The van der Waals surface area contributed by atoms with Crippen molar-refractivity contribution in [2.75, 3.05) is 11.5 Å². The summed E-state index contributed by atoms with van der Waals surface area (Å²) in [6.07, 6.45) is 0.771. The molecule has 0 radical (unpaired) electrons. The number of benzene rings is 1. The molecule has 0 saturated carbocycles. The average molecular weight is 288 g/mol. The topological polar surface area (TPSA) is 72.2 Å². The number of nitrogens with one attached hydrogen (secondary N) is 1. The van der Waals surface area contributed by atoms with Gasteiger partial charge in [0.05, 0.1) is 16.6 Å². The fraction of sp³-hybridized carbons (Fsp3) is 0.364. The van der Waals surface area contributed by atoms with Crippen LogP contribution in [0.5, 0.6) is 0 Å². The van der Waals surface area contributed by atoms with Crippen LogP contribution in [0.15, 0.2) is 12.1 Å². The average Bonchev–Trinajstić information content (AvgIpc) is 2.83. The number of rotatable bonds is 3. The minimum atomic E-state index is -1.22. The molecule has 19 heavy (non-hydrogen) atoms. The third-order valence-corrected chi connectivity index (χ3v) is 3.91. The van der Waals surface area contributed by atoms with E-state index in [4.69, 9.17) is 0 Å². The first kappa shape index (κ1) is 13.7. The monoisotopic (exact) mass is 288 g/mol. The van der Waals surface area contributed by atoms with Gasteiger partial charge < -0.3 is 5.32 Å². The molecule has 0 aromatic heterocycles. The first-order valence-electron chi connectivity index (χ1n) is 5.51. The van der Waals surface area contributed by atoms with Crippen LogP contribution in [-0.2, 0) is 0 Å². The first-order valence-corrected chi connectivity index (χ1v) is 6.66. The minimum absolute atomic E-state index is 0.0739. The molecule has 0 spiro atoms. The van der Waals surface area contributed by atoms with Crippen molar-refractivity contribution in [3.63, 3.8) is 0 Å². The van der Waals surface area contributed by atoms with Crippen LogP contribution in [0.25, 0.3) is 0 Å². The molecule has 1 unspecified atom stereocenters. The van der Waals surface area contributed by atoms with Crippen LogP contribution >= 0.6 is 11.8 Å². The maximum Gasteiger partial charge on any atom is 0.307 e. The number of halogens is 2. The zero-order chi connectivity index (χ0) is 14.0. The molecule has 1 saturated heterocycles. The highest BCUT2D eigenvalue weighted by molar-refractivity contribution is 7.99. The maximum atomic E-state index is 13.6. The van der Waals surface area contributed by atoms with Gasteiger partial charge in [-0.15, -0.1) is 0 Å². The van der Waals surface area contributed by atoms with Crippen molar-refractivity contribution in [1.82, 2.24) is 5.32 Å². The highest BCUT2D eigenvalue weighted by atomic mass is 32.2. The zero-order valence-electron chi connectivity index (χ0n) is 9.69. The van der Waals surface area contributed by atoms with Crippen molar-refractivity contribution >= 4 is 23.4 Å². The molecule has 2 rings (SSSR count). The number of hydrogen-bond acceptors (Lipinski definition) is 4. The summed E-state index contributed by atoms with van der Waals surface area (Å²) in [6, 6.07) is 0.911. The number of nitro benzene ring substituents is 1. The van der Waals surface area contributed by atoms with Crippen molar-refractivity contribution in [3.05, 3.63) is 39.4 Å². The molecule has 102 valence electrons. The van der Waals surface area contributed by atoms with E-state index in [0.717, 1.165) is 17.9 Å². The second-order valence-corrected chi connectivity index (χ2v) is 5.22. The first-order chi connectivity index (χ1) is 8.99. The molecular formula is C11H10F2N2O3S. The van der Waals surface area contributed by atoms with Crippen LogP contribution in [0.4, 0.5) is 14.5 Å². The van der Waals surface area contributed by atoms with Crippen LogP contribution in [0.3, 0.4) is 0 Å². The van der Waals surface area contributed by atoms with Crippen LogP contribution in [-0.4, -0.2) is 28.4 Å². The number of carbonyl (C=O) groups excluding carboxylic acids is 1. The van der Waals surface area contributed by atoms with Crippen molar-refractivity contribution in [3.8, 4) is 0 Å². The highest BCUT2D eigenvalue weighted by Crippen LogP contribution is 2.22. The molecule has 1 N–H and O–H groups in total. The van der Waals surface area contributed by atoms with Crippen LogP contribution < -0.4 is 5.32 Å². The summed E-state index contributed by atoms with van der Waals surface area (Å²) in [4.78, 5) is 21.2. The Morgan fingerprint density at radius 1 is 1.42 bits per heavy atom. The highest BCUT2D eigenvalue weighted by Gasteiger charge is 2.24. The van der Waals surface area contributed by atoms with E-state index >= 15 is 0 Å². The Balaban J connectivity index is 2.22. The summed E-state index contributed by atoms with van der Waals surface area (Å²) in [5.74, 6) is -1.45. The molecule has 1 heterocycles. The molecule has 1 aliphatic heterocycles. The van der Waals surface area contributed by atoms with Crippen LogP contribution in [0.2, 0.25) is 0 Å². The lowest BCUT2D eigenvalue weighted by Crippen LogP contribution is -2.35. The fourth-order valence-electron chi connectivity index (χ4n) is 1.76. The predicted octanol–water partition coefficient (Wildman–Crippen LogP) is 2.11. The van der Waals surface area contributed by atoms with E-state index in [1.807, 2.05) is 0 Å². The molecule has 1 amide bonds. The van der Waals surface area contributed by atoms with Crippen molar-refractivity contribution in [2.45, 2.75) is 12.5 Å². The summed E-state index contributed by atoms with van der Waals surface area (Å²) in [5.41, 5.74) is -1.49. The molecule has 0 aliphatic carbocycles. The summed E-state index contributed by atoms with van der Waals surface area (Å²) in [7, 11) is 0. The van der Waals surface area contributed by atoms with Gasteiger partial charge in [0, 0.05) is 11.8 Å². The molecule has 8 heteroatoms. The Hall–Kier alpha value is -1.70. The van der Waals surface area contributed by atoms with Gasteiger partial charge >= 0.3 is 5.69 Å². The van der Waals surface area contributed by atoms with Crippen LogP contribution in [0.1, 0.15) is 16.8 Å². The second-order valence-electron chi connectivity index (χ2n) is 4.07. The van der Waals surface area contributed by atoms with Gasteiger partial charge in [-0.1, -0.05) is 0 Å². The SMILES string of the molecule is O=C(NC1CCSC1)c1cc(F)c([N+](=O)[O-])cc1F. The molecule has 1 aromatic rings. The Kier molecular flexibility index (Phi) is 3.98. The normalized spacial score (nSPS) is 18.3. The number of thioether (sulfide) groups is 1. The van der Waals surface area contributed by atoms with E-state index in [-0.39, 0.29) is 6.04 Å². The summed E-state index contributed by atoms with van der Waals surface area (Å²) in [5, 5.41) is 13.0. The van der Waals surface area contributed by atoms with E-state index < -0.39 is 33.7 Å². The third-order valence-electron chi connectivity index (χ3n) is 2.74. The second kappa shape index (κ2) is 5.52. The number of carbonyl (C=O) groups is 1. The standard InChI is InChI=1S/C11H10F2N2O3S/c12-8-4-10(15(17)18)9(13)3-7(8)11(16)14-6-1-2-19-5-6/h3-4,6H,1-2,5H2,(H,14,16). The molecule has 1 atom stereocenters. The van der Waals surface area contributed by atoms with Gasteiger partial charge in [0.1, 0.15) is 5.82 Å². The Morgan fingerprint density at radius 2 is 2.16 bits per heavy atom. The molecule has 5 nitrogen and oxygen atoms in total. The summed E-state index contributed by atoms with van der Waals surface area (Å²) >= 11 is 1.66. The van der Waals surface area contributed by atoms with Gasteiger partial charge in [0.25, 0.3) is 5.91 Å². The Bertz CT molecular complexity index is 533. The van der Waals surface area contributed by atoms with Crippen molar-refractivity contribution < 1.29 is 18.5 Å². The lowest BCUT2D eigenvalue weighted by Gasteiger charge is -2.11. The lowest BCUT2D eigenvalue weighted by atomic mass is 10.1. The fourth-order valence-corrected chi connectivity index (χ4v) is 2.91. The number of nitrogens with zero attached hydrogens (tertiary/aromatic N) is 1. The van der Waals surface area contributed by atoms with E-state index in [2.05, 4.69) is 5.32 Å². The third kappa shape index (κ3) is 3.01. The number of hydrogen-bond donors (Lipinski definition) is 1. The van der Waals surface area contributed by atoms with Gasteiger partial charge in [-0.3, -0.25) is 14.9 Å². The minimum Gasteiger partial charge on any atom is -0.348 e. The molecule has 1 aliphatic rings. The smallest absolute Gasteiger partial charge is 0.307 e. The van der Waals surface area contributed by atoms with E-state index in [9.17, 15) is 23.7 Å². The molecular weight excluding hydrogens is 278 g/mol. The van der Waals surface area contributed by atoms with Gasteiger partial charge in [-0.05, 0) is 18.2 Å².